The lowest BCUT2D eigenvalue weighted by Gasteiger charge is -2.09. The average Bonchev–Trinajstić information content (AvgIpc) is 2.26. The first-order chi connectivity index (χ1) is 7.83. The van der Waals surface area contributed by atoms with Gasteiger partial charge in [-0.1, -0.05) is 38.1 Å². The van der Waals surface area contributed by atoms with Crippen LogP contribution in [0, 0.1) is 0 Å². The maximum atomic E-state index is 11.6. The van der Waals surface area contributed by atoms with E-state index in [1.165, 1.54) is 5.56 Å². The van der Waals surface area contributed by atoms with Gasteiger partial charge < -0.3 is 0 Å². The number of rotatable bonds is 5. The van der Waals surface area contributed by atoms with Crippen LogP contribution in [0.25, 0.3) is 0 Å². The number of hydrogen-bond acceptors (Lipinski definition) is 3. The Labute approximate surface area is 103 Å². The molecule has 1 rings (SSSR count). The highest BCUT2D eigenvalue weighted by Crippen LogP contribution is 2.19. The number of ketones is 1. The Bertz CT molecular complexity index is 486. The number of sulfone groups is 1. The molecule has 0 amide bonds. The predicted octanol–water partition coefficient (Wildman–Crippen LogP) is 2.43. The van der Waals surface area contributed by atoms with Gasteiger partial charge in [-0.3, -0.25) is 4.79 Å². The van der Waals surface area contributed by atoms with Crippen LogP contribution in [0.1, 0.15) is 42.1 Å². The predicted molar refractivity (Wildman–Crippen MR) is 69.2 cm³/mol. The fraction of sp³-hybridized carbons (Fsp3) is 0.462. The van der Waals surface area contributed by atoms with E-state index in [0.29, 0.717) is 11.5 Å². The summed E-state index contributed by atoms with van der Waals surface area (Å²) < 4.78 is 22.0. The lowest BCUT2D eigenvalue weighted by molar-refractivity contribution is 0.102. The van der Waals surface area contributed by atoms with Crippen molar-refractivity contribution in [3.63, 3.8) is 0 Å². The Hall–Kier alpha value is -1.16. The third-order valence-corrected chi connectivity index (χ3v) is 3.59. The van der Waals surface area contributed by atoms with E-state index in [4.69, 9.17) is 0 Å². The third kappa shape index (κ3) is 4.30. The number of Topliss-reactive ketones (excluding diaryl/α,β-unsaturated/α-hetero) is 1. The molecule has 94 valence electrons. The van der Waals surface area contributed by atoms with Crippen LogP contribution < -0.4 is 0 Å². The summed E-state index contributed by atoms with van der Waals surface area (Å²) in [5.41, 5.74) is 1.63. The van der Waals surface area contributed by atoms with Crippen molar-refractivity contribution in [2.45, 2.75) is 26.2 Å². The van der Waals surface area contributed by atoms with E-state index in [9.17, 15) is 13.2 Å². The van der Waals surface area contributed by atoms with Gasteiger partial charge in [-0.25, -0.2) is 8.42 Å². The molecule has 0 radical (unpaired) electrons. The normalized spacial score (nSPS) is 13.4. The second-order valence-electron chi connectivity index (χ2n) is 4.42. The summed E-state index contributed by atoms with van der Waals surface area (Å²) >= 11 is 0. The smallest absolute Gasteiger partial charge is 0.177 e. The Balaban J connectivity index is 2.84. The van der Waals surface area contributed by atoms with Crippen molar-refractivity contribution in [2.24, 2.45) is 0 Å². The molecular formula is C13H18O3S. The van der Waals surface area contributed by atoms with Crippen LogP contribution in [-0.4, -0.2) is 26.2 Å². The standard InChI is InChI=1S/C13H18O3S/c1-4-10(2)11-5-7-12(8-6-11)13(14)9-17(3,15)16/h5-8,10H,4,9H2,1-3H3. The van der Waals surface area contributed by atoms with Crippen molar-refractivity contribution in [2.75, 3.05) is 12.0 Å². The number of carbonyl (C=O) groups excluding carboxylic acids is 1. The van der Waals surface area contributed by atoms with Gasteiger partial charge in [0.05, 0.1) is 0 Å². The Morgan fingerprint density at radius 2 is 1.76 bits per heavy atom. The summed E-state index contributed by atoms with van der Waals surface area (Å²) in [5.74, 6) is -0.312. The number of hydrogen-bond donors (Lipinski definition) is 0. The molecule has 0 aliphatic rings. The highest BCUT2D eigenvalue weighted by molar-refractivity contribution is 7.91. The van der Waals surface area contributed by atoms with Crippen molar-refractivity contribution in [1.82, 2.24) is 0 Å². The molecule has 1 unspecified atom stereocenters. The van der Waals surface area contributed by atoms with E-state index in [1.807, 2.05) is 12.1 Å². The monoisotopic (exact) mass is 254 g/mol. The molecule has 1 atom stereocenters. The number of carbonyl (C=O) groups is 1. The molecule has 0 aromatic heterocycles. The zero-order chi connectivity index (χ0) is 13.1. The third-order valence-electron chi connectivity index (χ3n) is 2.81. The van der Waals surface area contributed by atoms with Crippen LogP contribution in [0.3, 0.4) is 0 Å². The molecule has 1 aromatic rings. The van der Waals surface area contributed by atoms with Gasteiger partial charge in [0.1, 0.15) is 5.75 Å². The Morgan fingerprint density at radius 1 is 1.24 bits per heavy atom. The zero-order valence-corrected chi connectivity index (χ0v) is 11.3. The van der Waals surface area contributed by atoms with Gasteiger partial charge in [-0.2, -0.15) is 0 Å². The molecule has 0 N–H and O–H groups in total. The first kappa shape index (κ1) is 13.9. The van der Waals surface area contributed by atoms with E-state index < -0.39 is 15.6 Å². The molecule has 0 aliphatic carbocycles. The van der Waals surface area contributed by atoms with E-state index in [-0.39, 0.29) is 5.78 Å². The van der Waals surface area contributed by atoms with Gasteiger partial charge in [0.15, 0.2) is 15.6 Å². The molecule has 17 heavy (non-hydrogen) atoms. The van der Waals surface area contributed by atoms with Crippen LogP contribution in [0.2, 0.25) is 0 Å². The van der Waals surface area contributed by atoms with Crippen molar-refractivity contribution in [1.29, 1.82) is 0 Å². The minimum absolute atomic E-state index is 0.344. The second kappa shape index (κ2) is 5.45. The molecule has 4 heteroatoms. The Morgan fingerprint density at radius 3 is 2.18 bits per heavy atom. The van der Waals surface area contributed by atoms with E-state index in [2.05, 4.69) is 13.8 Å². The SMILES string of the molecule is CCC(C)c1ccc(C(=O)CS(C)(=O)=O)cc1. The molecule has 0 fully saturated rings. The molecule has 0 aliphatic heterocycles. The summed E-state index contributed by atoms with van der Waals surface area (Å²) in [6.45, 7) is 4.22. The van der Waals surface area contributed by atoms with Crippen LogP contribution in [0.15, 0.2) is 24.3 Å². The second-order valence-corrected chi connectivity index (χ2v) is 6.56. The summed E-state index contributed by atoms with van der Waals surface area (Å²) in [4.78, 5) is 11.6. The topological polar surface area (TPSA) is 51.2 Å². The molecule has 1 aromatic carbocycles. The Kier molecular flexibility index (Phi) is 4.46. The minimum Gasteiger partial charge on any atom is -0.293 e. The zero-order valence-electron chi connectivity index (χ0n) is 10.4. The van der Waals surface area contributed by atoms with Crippen molar-refractivity contribution in [3.8, 4) is 0 Å². The highest BCUT2D eigenvalue weighted by Gasteiger charge is 2.13. The summed E-state index contributed by atoms with van der Waals surface area (Å²) in [5, 5.41) is 0. The lowest BCUT2D eigenvalue weighted by Crippen LogP contribution is -2.14. The lowest BCUT2D eigenvalue weighted by atomic mass is 9.97. The maximum Gasteiger partial charge on any atom is 0.177 e. The van der Waals surface area contributed by atoms with Gasteiger partial charge in [-0.15, -0.1) is 0 Å². The average molecular weight is 254 g/mol. The molecule has 0 saturated carbocycles. The summed E-state index contributed by atoms with van der Waals surface area (Å²) in [6.07, 6.45) is 2.11. The van der Waals surface area contributed by atoms with E-state index in [0.717, 1.165) is 12.7 Å². The number of benzene rings is 1. The highest BCUT2D eigenvalue weighted by atomic mass is 32.2. The van der Waals surface area contributed by atoms with E-state index >= 15 is 0 Å². The summed E-state index contributed by atoms with van der Waals surface area (Å²) in [6, 6.07) is 7.19. The van der Waals surface area contributed by atoms with Crippen molar-refractivity contribution >= 4 is 15.6 Å². The molecule has 0 bridgehead atoms. The van der Waals surface area contributed by atoms with Gasteiger partial charge >= 0.3 is 0 Å². The maximum absolute atomic E-state index is 11.6. The molecule has 0 spiro atoms. The van der Waals surface area contributed by atoms with Crippen molar-refractivity contribution < 1.29 is 13.2 Å². The van der Waals surface area contributed by atoms with Crippen LogP contribution in [0.4, 0.5) is 0 Å². The fourth-order valence-corrected chi connectivity index (χ4v) is 2.20. The largest absolute Gasteiger partial charge is 0.293 e. The first-order valence-electron chi connectivity index (χ1n) is 5.64. The molecule has 0 heterocycles. The molecule has 3 nitrogen and oxygen atoms in total. The van der Waals surface area contributed by atoms with Gasteiger partial charge in [-0.05, 0) is 17.9 Å². The summed E-state index contributed by atoms with van der Waals surface area (Å²) in [7, 11) is -3.25. The van der Waals surface area contributed by atoms with Gasteiger partial charge in [0, 0.05) is 11.8 Å². The fourth-order valence-electron chi connectivity index (χ4n) is 1.55. The van der Waals surface area contributed by atoms with E-state index in [1.54, 1.807) is 12.1 Å². The first-order valence-corrected chi connectivity index (χ1v) is 7.70. The quantitative estimate of drug-likeness (QED) is 0.758. The van der Waals surface area contributed by atoms with Crippen LogP contribution in [-0.2, 0) is 9.84 Å². The van der Waals surface area contributed by atoms with Gasteiger partial charge in [0.2, 0.25) is 0 Å². The van der Waals surface area contributed by atoms with Crippen LogP contribution >= 0.6 is 0 Å². The minimum atomic E-state index is -3.25. The molecule has 0 saturated heterocycles. The van der Waals surface area contributed by atoms with Crippen molar-refractivity contribution in [3.05, 3.63) is 35.4 Å². The van der Waals surface area contributed by atoms with Gasteiger partial charge in [0.25, 0.3) is 0 Å². The van der Waals surface area contributed by atoms with Crippen LogP contribution in [0.5, 0.6) is 0 Å². The molecular weight excluding hydrogens is 236 g/mol.